The normalized spacial score (nSPS) is 15.9. The smallest absolute Gasteiger partial charge is 0.265 e. The van der Waals surface area contributed by atoms with E-state index in [0.29, 0.717) is 5.92 Å². The van der Waals surface area contributed by atoms with Crippen molar-refractivity contribution in [1.82, 2.24) is 15.2 Å². The van der Waals surface area contributed by atoms with Gasteiger partial charge in [-0.15, -0.1) is 11.3 Å². The number of nitrogens with zero attached hydrogens (tertiary/aromatic N) is 2. The van der Waals surface area contributed by atoms with Crippen LogP contribution in [-0.2, 0) is 0 Å². The summed E-state index contributed by atoms with van der Waals surface area (Å²) in [4.78, 5) is 19.6. The number of rotatable bonds is 5. The van der Waals surface area contributed by atoms with Crippen molar-refractivity contribution in [2.24, 2.45) is 0 Å². The van der Waals surface area contributed by atoms with Crippen LogP contribution in [0.1, 0.15) is 52.0 Å². The van der Waals surface area contributed by atoms with Gasteiger partial charge in [-0.25, -0.2) is 4.98 Å². The highest BCUT2D eigenvalue weighted by Gasteiger charge is 2.24. The van der Waals surface area contributed by atoms with Crippen LogP contribution in [0.3, 0.4) is 0 Å². The predicted molar refractivity (Wildman–Crippen MR) is 78.9 cm³/mol. The zero-order chi connectivity index (χ0) is 13.8. The molecule has 5 heteroatoms. The molecule has 1 aromatic heterocycles. The molecule has 0 atom stereocenters. The van der Waals surface area contributed by atoms with Gasteiger partial charge in [-0.3, -0.25) is 4.79 Å². The lowest BCUT2D eigenvalue weighted by Crippen LogP contribution is -2.32. The third kappa shape index (κ3) is 3.34. The second-order valence-corrected chi connectivity index (χ2v) is 6.31. The Morgan fingerprint density at radius 3 is 2.79 bits per heavy atom. The topological polar surface area (TPSA) is 45.2 Å². The third-order valence-electron chi connectivity index (χ3n) is 3.76. The van der Waals surface area contributed by atoms with Crippen molar-refractivity contribution >= 4 is 17.2 Å². The molecule has 1 aromatic rings. The van der Waals surface area contributed by atoms with Gasteiger partial charge in [0.05, 0.1) is 10.7 Å². The first-order chi connectivity index (χ1) is 9.13. The van der Waals surface area contributed by atoms with Crippen molar-refractivity contribution < 1.29 is 4.79 Å². The van der Waals surface area contributed by atoms with Crippen molar-refractivity contribution in [3.8, 4) is 0 Å². The lowest BCUT2D eigenvalue weighted by Gasteiger charge is -2.15. The highest BCUT2D eigenvalue weighted by molar-refractivity contribution is 7.13. The van der Waals surface area contributed by atoms with E-state index in [0.717, 1.165) is 23.7 Å². The summed E-state index contributed by atoms with van der Waals surface area (Å²) >= 11 is 1.60. The molecule has 1 saturated carbocycles. The standard InChI is InChI=1S/C14H23N3OS/c1-10-12(14(18)17(3)9-8-15-2)19-13(16-10)11-6-4-5-7-11/h11,15H,4-9H2,1-3H3. The molecule has 4 nitrogen and oxygen atoms in total. The van der Waals surface area contributed by atoms with Crippen molar-refractivity contribution in [3.63, 3.8) is 0 Å². The van der Waals surface area contributed by atoms with E-state index in [9.17, 15) is 4.79 Å². The molecule has 0 radical (unpaired) electrons. The molecule has 2 rings (SSSR count). The first kappa shape index (κ1) is 14.5. The summed E-state index contributed by atoms with van der Waals surface area (Å²) in [5.74, 6) is 0.697. The van der Waals surface area contributed by atoms with E-state index >= 15 is 0 Å². The number of thiazole rings is 1. The fourth-order valence-corrected chi connectivity index (χ4v) is 3.75. The zero-order valence-corrected chi connectivity index (χ0v) is 12.8. The van der Waals surface area contributed by atoms with Gasteiger partial charge >= 0.3 is 0 Å². The van der Waals surface area contributed by atoms with E-state index < -0.39 is 0 Å². The molecular formula is C14H23N3OS. The van der Waals surface area contributed by atoms with Gasteiger partial charge in [0.2, 0.25) is 0 Å². The Morgan fingerprint density at radius 1 is 1.47 bits per heavy atom. The molecule has 1 fully saturated rings. The van der Waals surface area contributed by atoms with Gasteiger partial charge in [0.1, 0.15) is 4.88 Å². The maximum absolute atomic E-state index is 12.4. The number of carbonyl (C=O) groups is 1. The Kier molecular flexibility index (Phi) is 4.93. The number of hydrogen-bond donors (Lipinski definition) is 1. The maximum atomic E-state index is 12.4. The van der Waals surface area contributed by atoms with Crippen LogP contribution in [0.5, 0.6) is 0 Å². The van der Waals surface area contributed by atoms with Gasteiger partial charge in [0.15, 0.2) is 0 Å². The maximum Gasteiger partial charge on any atom is 0.265 e. The number of nitrogens with one attached hydrogen (secondary N) is 1. The number of aryl methyl sites for hydroxylation is 1. The Balaban J connectivity index is 2.09. The minimum atomic E-state index is 0.106. The molecule has 1 N–H and O–H groups in total. The summed E-state index contributed by atoms with van der Waals surface area (Å²) in [7, 11) is 3.75. The predicted octanol–water partition coefficient (Wildman–Crippen LogP) is 2.40. The van der Waals surface area contributed by atoms with Crippen LogP contribution in [0, 0.1) is 6.92 Å². The summed E-state index contributed by atoms with van der Waals surface area (Å²) in [6.45, 7) is 3.50. The number of amides is 1. The number of likely N-dealkylation sites (N-methyl/N-ethyl adjacent to an activating group) is 2. The minimum Gasteiger partial charge on any atom is -0.340 e. The van der Waals surface area contributed by atoms with Crippen molar-refractivity contribution in [2.45, 2.75) is 38.5 Å². The summed E-state index contributed by atoms with van der Waals surface area (Å²) < 4.78 is 0. The molecule has 0 saturated heterocycles. The fraction of sp³-hybridized carbons (Fsp3) is 0.714. The Hall–Kier alpha value is -0.940. The van der Waals surface area contributed by atoms with E-state index in [4.69, 9.17) is 0 Å². The van der Waals surface area contributed by atoms with Crippen LogP contribution >= 0.6 is 11.3 Å². The van der Waals surface area contributed by atoms with E-state index in [1.54, 1.807) is 16.2 Å². The van der Waals surface area contributed by atoms with Crippen LogP contribution in [0.4, 0.5) is 0 Å². The summed E-state index contributed by atoms with van der Waals surface area (Å²) in [5, 5.41) is 4.23. The average Bonchev–Trinajstić information content (AvgIpc) is 3.03. The van der Waals surface area contributed by atoms with Crippen LogP contribution in [0.15, 0.2) is 0 Å². The van der Waals surface area contributed by atoms with Crippen LogP contribution in [0.25, 0.3) is 0 Å². The molecule has 0 spiro atoms. The SMILES string of the molecule is CNCCN(C)C(=O)c1sc(C2CCCC2)nc1C. The number of hydrogen-bond acceptors (Lipinski definition) is 4. The molecule has 0 bridgehead atoms. The molecule has 0 unspecified atom stereocenters. The molecule has 1 aliphatic carbocycles. The molecule has 0 aromatic carbocycles. The molecule has 19 heavy (non-hydrogen) atoms. The van der Waals surface area contributed by atoms with Crippen LogP contribution in [-0.4, -0.2) is 43.0 Å². The van der Waals surface area contributed by atoms with Crippen molar-refractivity contribution in [1.29, 1.82) is 0 Å². The van der Waals surface area contributed by atoms with Gasteiger partial charge < -0.3 is 10.2 Å². The van der Waals surface area contributed by atoms with E-state index in [1.165, 1.54) is 30.7 Å². The summed E-state index contributed by atoms with van der Waals surface area (Å²) in [5.41, 5.74) is 0.896. The Bertz CT molecular complexity index is 438. The second kappa shape index (κ2) is 6.48. The van der Waals surface area contributed by atoms with E-state index in [1.807, 2.05) is 21.0 Å². The zero-order valence-electron chi connectivity index (χ0n) is 12.0. The molecule has 1 aliphatic rings. The summed E-state index contributed by atoms with van der Waals surface area (Å²) in [6, 6.07) is 0. The Morgan fingerprint density at radius 2 is 2.16 bits per heavy atom. The second-order valence-electron chi connectivity index (χ2n) is 5.28. The van der Waals surface area contributed by atoms with Gasteiger partial charge in [-0.1, -0.05) is 12.8 Å². The highest BCUT2D eigenvalue weighted by atomic mass is 32.1. The molecule has 1 amide bonds. The van der Waals surface area contributed by atoms with Gasteiger partial charge in [0.25, 0.3) is 5.91 Å². The fourth-order valence-electron chi connectivity index (χ4n) is 2.52. The first-order valence-electron chi connectivity index (χ1n) is 7.01. The molecule has 1 heterocycles. The monoisotopic (exact) mass is 281 g/mol. The Labute approximate surface area is 119 Å². The lowest BCUT2D eigenvalue weighted by molar-refractivity contribution is 0.0800. The number of aromatic nitrogens is 1. The van der Waals surface area contributed by atoms with Crippen molar-refractivity contribution in [3.05, 3.63) is 15.6 Å². The largest absolute Gasteiger partial charge is 0.340 e. The van der Waals surface area contributed by atoms with Gasteiger partial charge in [0, 0.05) is 26.1 Å². The van der Waals surface area contributed by atoms with Crippen LogP contribution < -0.4 is 5.32 Å². The van der Waals surface area contributed by atoms with Crippen LogP contribution in [0.2, 0.25) is 0 Å². The minimum absolute atomic E-state index is 0.106. The molecular weight excluding hydrogens is 258 g/mol. The molecule has 0 aliphatic heterocycles. The highest BCUT2D eigenvalue weighted by Crippen LogP contribution is 2.37. The quantitative estimate of drug-likeness (QED) is 0.901. The average molecular weight is 281 g/mol. The lowest BCUT2D eigenvalue weighted by atomic mass is 10.1. The number of carbonyl (C=O) groups excluding carboxylic acids is 1. The van der Waals surface area contributed by atoms with Gasteiger partial charge in [-0.2, -0.15) is 0 Å². The summed E-state index contributed by atoms with van der Waals surface area (Å²) in [6.07, 6.45) is 5.07. The van der Waals surface area contributed by atoms with E-state index in [-0.39, 0.29) is 5.91 Å². The van der Waals surface area contributed by atoms with Gasteiger partial charge in [-0.05, 0) is 26.8 Å². The van der Waals surface area contributed by atoms with Crippen molar-refractivity contribution in [2.75, 3.05) is 27.2 Å². The first-order valence-corrected chi connectivity index (χ1v) is 7.82. The molecule has 106 valence electrons. The van der Waals surface area contributed by atoms with E-state index in [2.05, 4.69) is 10.3 Å². The third-order valence-corrected chi connectivity index (χ3v) is 5.06.